The quantitative estimate of drug-likeness (QED) is 0.635. The second kappa shape index (κ2) is 5.48. The van der Waals surface area contributed by atoms with E-state index in [1.165, 1.54) is 12.3 Å². The van der Waals surface area contributed by atoms with Gasteiger partial charge in [-0.05, 0) is 25.0 Å². The molecule has 96 valence electrons. The molecule has 18 heavy (non-hydrogen) atoms. The average molecular weight is 248 g/mol. The van der Waals surface area contributed by atoms with E-state index in [4.69, 9.17) is 5.73 Å². The number of amides is 2. The van der Waals surface area contributed by atoms with Gasteiger partial charge in [-0.3, -0.25) is 9.59 Å². The molecule has 1 saturated carbocycles. The maximum absolute atomic E-state index is 11.7. The Labute approximate surface area is 105 Å². The van der Waals surface area contributed by atoms with Gasteiger partial charge >= 0.3 is 0 Å². The van der Waals surface area contributed by atoms with Crippen LogP contribution in [0.1, 0.15) is 23.2 Å². The number of nitrogen functional groups attached to an aromatic ring is 1. The normalized spacial score (nSPS) is 14.0. The van der Waals surface area contributed by atoms with Crippen molar-refractivity contribution in [3.05, 3.63) is 23.9 Å². The van der Waals surface area contributed by atoms with Gasteiger partial charge in [0.15, 0.2) is 0 Å². The Morgan fingerprint density at radius 3 is 2.72 bits per heavy atom. The first-order chi connectivity index (χ1) is 8.66. The summed E-state index contributed by atoms with van der Waals surface area (Å²) in [5, 5.41) is 5.48. The number of nitrogens with zero attached hydrogens (tertiary/aromatic N) is 1. The summed E-state index contributed by atoms with van der Waals surface area (Å²) in [4.78, 5) is 26.8. The summed E-state index contributed by atoms with van der Waals surface area (Å²) in [5.41, 5.74) is 5.95. The fourth-order valence-corrected chi connectivity index (χ4v) is 1.54. The van der Waals surface area contributed by atoms with Crippen LogP contribution >= 0.6 is 0 Å². The zero-order valence-electron chi connectivity index (χ0n) is 9.98. The molecule has 0 bridgehead atoms. The van der Waals surface area contributed by atoms with Crippen LogP contribution in [0.5, 0.6) is 0 Å². The van der Waals surface area contributed by atoms with Crippen LogP contribution in [0.2, 0.25) is 0 Å². The van der Waals surface area contributed by atoms with E-state index in [9.17, 15) is 9.59 Å². The maximum atomic E-state index is 11.7. The van der Waals surface area contributed by atoms with Crippen LogP contribution in [-0.4, -0.2) is 29.9 Å². The number of rotatable bonds is 5. The van der Waals surface area contributed by atoms with Gasteiger partial charge in [0.1, 0.15) is 5.82 Å². The smallest absolute Gasteiger partial charge is 0.251 e. The lowest BCUT2D eigenvalue weighted by molar-refractivity contribution is -0.122. The predicted octanol–water partition coefficient (Wildman–Crippen LogP) is -0.0802. The zero-order chi connectivity index (χ0) is 13.0. The number of pyridine rings is 1. The molecule has 1 aliphatic carbocycles. The van der Waals surface area contributed by atoms with E-state index in [2.05, 4.69) is 15.6 Å². The summed E-state index contributed by atoms with van der Waals surface area (Å²) in [5.74, 6) is 0.368. The number of anilines is 1. The van der Waals surface area contributed by atoms with Gasteiger partial charge in [0.25, 0.3) is 5.91 Å². The van der Waals surface area contributed by atoms with E-state index in [1.54, 1.807) is 6.07 Å². The van der Waals surface area contributed by atoms with Gasteiger partial charge in [0.2, 0.25) is 5.91 Å². The van der Waals surface area contributed by atoms with Crippen molar-refractivity contribution in [2.24, 2.45) is 5.92 Å². The Morgan fingerprint density at radius 2 is 2.06 bits per heavy atom. The summed E-state index contributed by atoms with van der Waals surface area (Å²) in [6, 6.07) is 3.10. The van der Waals surface area contributed by atoms with Gasteiger partial charge in [0.05, 0.1) is 0 Å². The largest absolute Gasteiger partial charge is 0.384 e. The molecule has 0 unspecified atom stereocenters. The van der Waals surface area contributed by atoms with Crippen LogP contribution in [0.25, 0.3) is 0 Å². The third kappa shape index (κ3) is 3.44. The summed E-state index contributed by atoms with van der Waals surface area (Å²) in [6.45, 7) is 0.848. The fraction of sp³-hybridized carbons (Fsp3) is 0.417. The Balaban J connectivity index is 1.69. The summed E-state index contributed by atoms with van der Waals surface area (Å²) in [7, 11) is 0. The third-order valence-corrected chi connectivity index (χ3v) is 2.70. The number of nitrogens with one attached hydrogen (secondary N) is 2. The van der Waals surface area contributed by atoms with Crippen LogP contribution < -0.4 is 16.4 Å². The van der Waals surface area contributed by atoms with Crippen LogP contribution in [0, 0.1) is 5.92 Å². The molecule has 0 atom stereocenters. The monoisotopic (exact) mass is 248 g/mol. The van der Waals surface area contributed by atoms with Crippen molar-refractivity contribution in [1.82, 2.24) is 15.6 Å². The van der Waals surface area contributed by atoms with Crippen LogP contribution in [0.3, 0.4) is 0 Å². The molecule has 2 amide bonds. The minimum absolute atomic E-state index is 0.0809. The highest BCUT2D eigenvalue weighted by Gasteiger charge is 2.28. The van der Waals surface area contributed by atoms with E-state index < -0.39 is 0 Å². The molecule has 1 heterocycles. The first kappa shape index (κ1) is 12.3. The molecule has 1 aliphatic rings. The van der Waals surface area contributed by atoms with Gasteiger partial charge < -0.3 is 16.4 Å². The lowest BCUT2D eigenvalue weighted by Gasteiger charge is -2.06. The zero-order valence-corrected chi connectivity index (χ0v) is 9.98. The number of carbonyl (C=O) groups excluding carboxylic acids is 2. The molecule has 6 heteroatoms. The van der Waals surface area contributed by atoms with Gasteiger partial charge in [-0.1, -0.05) is 0 Å². The van der Waals surface area contributed by atoms with E-state index in [0.717, 1.165) is 12.8 Å². The Kier molecular flexibility index (Phi) is 3.76. The molecule has 4 N–H and O–H groups in total. The van der Waals surface area contributed by atoms with E-state index in [-0.39, 0.29) is 17.7 Å². The number of aromatic nitrogens is 1. The second-order valence-corrected chi connectivity index (χ2v) is 4.29. The van der Waals surface area contributed by atoms with Crippen molar-refractivity contribution in [2.75, 3.05) is 18.8 Å². The standard InChI is InChI=1S/C12H16N4O2/c13-10-7-9(3-4-14-10)12(18)16-6-5-15-11(17)8-1-2-8/h3-4,7-8H,1-2,5-6H2,(H2,13,14)(H,15,17)(H,16,18). The molecular weight excluding hydrogens is 232 g/mol. The molecule has 0 spiro atoms. The fourth-order valence-electron chi connectivity index (χ4n) is 1.54. The second-order valence-electron chi connectivity index (χ2n) is 4.29. The van der Waals surface area contributed by atoms with Gasteiger partial charge in [-0.15, -0.1) is 0 Å². The lowest BCUT2D eigenvalue weighted by atomic mass is 10.2. The molecule has 1 aromatic heterocycles. The molecule has 0 aromatic carbocycles. The van der Waals surface area contributed by atoms with Crippen LogP contribution in [-0.2, 0) is 4.79 Å². The average Bonchev–Trinajstić information content (AvgIpc) is 3.18. The number of carbonyl (C=O) groups is 2. The molecule has 0 saturated heterocycles. The number of hydrogen-bond acceptors (Lipinski definition) is 4. The molecule has 0 radical (unpaired) electrons. The summed E-state index contributed by atoms with van der Waals surface area (Å²) in [6.07, 6.45) is 3.45. The van der Waals surface area contributed by atoms with Crippen molar-refractivity contribution in [3.8, 4) is 0 Å². The highest BCUT2D eigenvalue weighted by molar-refractivity contribution is 5.94. The Bertz CT molecular complexity index is 457. The van der Waals surface area contributed by atoms with Gasteiger partial charge in [-0.2, -0.15) is 0 Å². The first-order valence-electron chi connectivity index (χ1n) is 5.94. The Morgan fingerprint density at radius 1 is 1.33 bits per heavy atom. The highest BCUT2D eigenvalue weighted by atomic mass is 16.2. The van der Waals surface area contributed by atoms with Crippen molar-refractivity contribution in [2.45, 2.75) is 12.8 Å². The van der Waals surface area contributed by atoms with E-state index >= 15 is 0 Å². The molecule has 6 nitrogen and oxygen atoms in total. The third-order valence-electron chi connectivity index (χ3n) is 2.70. The van der Waals surface area contributed by atoms with Crippen molar-refractivity contribution >= 4 is 17.6 Å². The molecule has 2 rings (SSSR count). The molecule has 1 aromatic rings. The number of hydrogen-bond donors (Lipinski definition) is 3. The van der Waals surface area contributed by atoms with Crippen LogP contribution in [0.4, 0.5) is 5.82 Å². The minimum atomic E-state index is -0.218. The van der Waals surface area contributed by atoms with Gasteiger partial charge in [-0.25, -0.2) is 4.98 Å². The summed E-state index contributed by atoms with van der Waals surface area (Å²) < 4.78 is 0. The van der Waals surface area contributed by atoms with E-state index in [1.807, 2.05) is 0 Å². The maximum Gasteiger partial charge on any atom is 0.251 e. The topological polar surface area (TPSA) is 97.1 Å². The highest BCUT2D eigenvalue weighted by Crippen LogP contribution is 2.28. The van der Waals surface area contributed by atoms with E-state index in [0.29, 0.717) is 24.5 Å². The predicted molar refractivity (Wildman–Crippen MR) is 66.7 cm³/mol. The van der Waals surface area contributed by atoms with Crippen molar-refractivity contribution < 1.29 is 9.59 Å². The van der Waals surface area contributed by atoms with Crippen LogP contribution in [0.15, 0.2) is 18.3 Å². The minimum Gasteiger partial charge on any atom is -0.384 e. The SMILES string of the molecule is Nc1cc(C(=O)NCCNC(=O)C2CC2)ccn1. The number of nitrogens with two attached hydrogens (primary N) is 1. The Hall–Kier alpha value is -2.11. The molecule has 0 aliphatic heterocycles. The molecular formula is C12H16N4O2. The molecule has 1 fully saturated rings. The van der Waals surface area contributed by atoms with Gasteiger partial charge in [0, 0.05) is 30.8 Å². The first-order valence-corrected chi connectivity index (χ1v) is 5.94. The van der Waals surface area contributed by atoms with Crippen molar-refractivity contribution in [3.63, 3.8) is 0 Å². The lowest BCUT2D eigenvalue weighted by Crippen LogP contribution is -2.35. The van der Waals surface area contributed by atoms with Crippen molar-refractivity contribution in [1.29, 1.82) is 0 Å². The summed E-state index contributed by atoms with van der Waals surface area (Å²) >= 11 is 0.